The Morgan fingerprint density at radius 3 is 2.65 bits per heavy atom. The van der Waals surface area contributed by atoms with Gasteiger partial charge in [-0.25, -0.2) is 14.3 Å². The van der Waals surface area contributed by atoms with Crippen molar-refractivity contribution in [1.29, 1.82) is 0 Å². The Bertz CT molecular complexity index is 878. The molecule has 0 fully saturated rings. The van der Waals surface area contributed by atoms with E-state index in [0.29, 0.717) is 22.9 Å². The Morgan fingerprint density at radius 2 is 2.00 bits per heavy atom. The van der Waals surface area contributed by atoms with Crippen molar-refractivity contribution in [2.45, 2.75) is 6.54 Å². The van der Waals surface area contributed by atoms with E-state index < -0.39 is 5.76 Å². The molecule has 2 aromatic heterocycles. The number of hydrogen-bond donors (Lipinski definition) is 0. The van der Waals surface area contributed by atoms with Crippen LogP contribution in [0.25, 0.3) is 11.4 Å². The van der Waals surface area contributed by atoms with Gasteiger partial charge in [0, 0.05) is 25.0 Å². The number of aromatic nitrogens is 4. The smallest absolute Gasteiger partial charge is 0.442 e. The third-order valence-corrected chi connectivity index (χ3v) is 3.55. The lowest BCUT2D eigenvalue weighted by Crippen LogP contribution is -2.18. The second kappa shape index (κ2) is 5.99. The summed E-state index contributed by atoms with van der Waals surface area (Å²) < 4.78 is 18.6. The summed E-state index contributed by atoms with van der Waals surface area (Å²) in [6.45, 7) is 0.259. The molecule has 0 aliphatic heterocycles. The van der Waals surface area contributed by atoms with Gasteiger partial charge in [0.05, 0.1) is 20.8 Å². The van der Waals surface area contributed by atoms with E-state index in [-0.39, 0.29) is 6.54 Å². The highest BCUT2D eigenvalue weighted by Gasteiger charge is 2.16. The Kier molecular flexibility index (Phi) is 3.88. The van der Waals surface area contributed by atoms with E-state index in [1.807, 2.05) is 17.8 Å². The lowest BCUT2D eigenvalue weighted by molar-refractivity contribution is 0.355. The topological polar surface area (TPSA) is 84.3 Å². The summed E-state index contributed by atoms with van der Waals surface area (Å²) in [6.07, 6.45) is 3.48. The molecular weight excluding hydrogens is 300 g/mol. The maximum atomic E-state index is 12.0. The summed E-state index contributed by atoms with van der Waals surface area (Å²) in [6, 6.07) is 5.27. The van der Waals surface area contributed by atoms with Gasteiger partial charge >= 0.3 is 5.76 Å². The molecule has 0 aliphatic rings. The summed E-state index contributed by atoms with van der Waals surface area (Å²) in [5.74, 6) is 1.72. The molecule has 0 unspecified atom stereocenters. The number of hydrogen-bond acceptors (Lipinski definition) is 6. The molecule has 23 heavy (non-hydrogen) atoms. The number of nitrogens with zero attached hydrogens (tertiary/aromatic N) is 4. The molecule has 0 amide bonds. The average Bonchev–Trinajstić information content (AvgIpc) is 3.14. The average molecular weight is 316 g/mol. The van der Waals surface area contributed by atoms with Crippen LogP contribution >= 0.6 is 0 Å². The highest BCUT2D eigenvalue weighted by molar-refractivity contribution is 5.61. The Balaban J connectivity index is 2.04. The number of benzene rings is 1. The van der Waals surface area contributed by atoms with Crippen molar-refractivity contribution in [3.05, 3.63) is 47.0 Å². The van der Waals surface area contributed by atoms with E-state index in [0.717, 1.165) is 5.82 Å². The van der Waals surface area contributed by atoms with Crippen molar-refractivity contribution in [2.24, 2.45) is 7.05 Å². The molecule has 2 heterocycles. The lowest BCUT2D eigenvalue weighted by Gasteiger charge is -2.09. The van der Waals surface area contributed by atoms with Gasteiger partial charge in [0.15, 0.2) is 17.3 Å². The van der Waals surface area contributed by atoms with Crippen LogP contribution in [0.5, 0.6) is 11.5 Å². The summed E-state index contributed by atoms with van der Waals surface area (Å²) in [4.78, 5) is 16.2. The fourth-order valence-electron chi connectivity index (χ4n) is 2.28. The molecular formula is C15H16N4O4. The van der Waals surface area contributed by atoms with Crippen molar-refractivity contribution in [3.8, 4) is 22.9 Å². The molecule has 0 N–H and O–H groups in total. The zero-order chi connectivity index (χ0) is 16.4. The van der Waals surface area contributed by atoms with Gasteiger partial charge in [-0.05, 0) is 18.2 Å². The van der Waals surface area contributed by atoms with Crippen LogP contribution in [-0.4, -0.2) is 33.5 Å². The van der Waals surface area contributed by atoms with Crippen molar-refractivity contribution in [1.82, 2.24) is 19.3 Å². The van der Waals surface area contributed by atoms with E-state index in [1.165, 1.54) is 4.57 Å². The fraction of sp³-hybridized carbons (Fsp3) is 0.267. The van der Waals surface area contributed by atoms with Crippen LogP contribution < -0.4 is 15.2 Å². The largest absolute Gasteiger partial charge is 0.493 e. The van der Waals surface area contributed by atoms with Crippen LogP contribution in [0.2, 0.25) is 0 Å². The second-order valence-corrected chi connectivity index (χ2v) is 4.88. The number of rotatable bonds is 5. The first-order chi connectivity index (χ1) is 11.1. The molecule has 0 spiro atoms. The summed E-state index contributed by atoms with van der Waals surface area (Å²) in [7, 11) is 4.97. The normalized spacial score (nSPS) is 10.7. The SMILES string of the molecule is COc1ccc(-c2noc(=O)n2Cc2nccn2C)cc1OC. The number of ether oxygens (including phenoxy) is 2. The van der Waals surface area contributed by atoms with E-state index in [9.17, 15) is 4.79 Å². The molecule has 0 atom stereocenters. The van der Waals surface area contributed by atoms with Crippen LogP contribution in [0.1, 0.15) is 5.82 Å². The second-order valence-electron chi connectivity index (χ2n) is 4.88. The van der Waals surface area contributed by atoms with Gasteiger partial charge in [0.1, 0.15) is 5.82 Å². The number of imidazole rings is 1. The fourth-order valence-corrected chi connectivity index (χ4v) is 2.28. The molecule has 0 radical (unpaired) electrons. The first kappa shape index (κ1) is 14.9. The van der Waals surface area contributed by atoms with Crippen LogP contribution in [-0.2, 0) is 13.6 Å². The van der Waals surface area contributed by atoms with Gasteiger partial charge in [-0.1, -0.05) is 5.16 Å². The number of methoxy groups -OCH3 is 2. The van der Waals surface area contributed by atoms with Gasteiger partial charge in [0.2, 0.25) is 0 Å². The van der Waals surface area contributed by atoms with Crippen LogP contribution in [0.15, 0.2) is 39.9 Å². The predicted octanol–water partition coefficient (Wildman–Crippen LogP) is 1.30. The zero-order valence-corrected chi connectivity index (χ0v) is 13.0. The molecule has 8 heteroatoms. The van der Waals surface area contributed by atoms with Gasteiger partial charge in [-0.2, -0.15) is 0 Å². The maximum Gasteiger partial charge on any atom is 0.442 e. The molecule has 1 aromatic carbocycles. The Labute approximate surface area is 131 Å². The third kappa shape index (κ3) is 2.70. The Hall–Kier alpha value is -3.03. The zero-order valence-electron chi connectivity index (χ0n) is 13.0. The van der Waals surface area contributed by atoms with Crippen molar-refractivity contribution >= 4 is 0 Å². The number of aryl methyl sites for hydroxylation is 1. The predicted molar refractivity (Wildman–Crippen MR) is 81.6 cm³/mol. The summed E-state index contributed by atoms with van der Waals surface area (Å²) >= 11 is 0. The van der Waals surface area contributed by atoms with Gasteiger partial charge in [0.25, 0.3) is 0 Å². The molecule has 0 aliphatic carbocycles. The first-order valence-electron chi connectivity index (χ1n) is 6.89. The lowest BCUT2D eigenvalue weighted by atomic mass is 10.2. The highest BCUT2D eigenvalue weighted by Crippen LogP contribution is 2.31. The molecule has 0 saturated carbocycles. The van der Waals surface area contributed by atoms with E-state index in [2.05, 4.69) is 10.1 Å². The minimum atomic E-state index is -0.544. The maximum absolute atomic E-state index is 12.0. The molecule has 3 rings (SSSR count). The third-order valence-electron chi connectivity index (χ3n) is 3.55. The first-order valence-corrected chi connectivity index (χ1v) is 6.89. The summed E-state index contributed by atoms with van der Waals surface area (Å²) in [5, 5.41) is 3.87. The monoisotopic (exact) mass is 316 g/mol. The van der Waals surface area contributed by atoms with Crippen molar-refractivity contribution < 1.29 is 14.0 Å². The van der Waals surface area contributed by atoms with Gasteiger partial charge in [-0.15, -0.1) is 0 Å². The van der Waals surface area contributed by atoms with E-state index in [4.69, 9.17) is 14.0 Å². The minimum Gasteiger partial charge on any atom is -0.493 e. The Morgan fingerprint density at radius 1 is 1.22 bits per heavy atom. The summed E-state index contributed by atoms with van der Waals surface area (Å²) in [5.41, 5.74) is 0.683. The molecule has 120 valence electrons. The van der Waals surface area contributed by atoms with Crippen molar-refractivity contribution in [3.63, 3.8) is 0 Å². The highest BCUT2D eigenvalue weighted by atomic mass is 16.5. The van der Waals surface area contributed by atoms with Crippen molar-refractivity contribution in [2.75, 3.05) is 14.2 Å². The molecule has 0 bridgehead atoms. The molecule has 0 saturated heterocycles. The van der Waals surface area contributed by atoms with Crippen LogP contribution in [0, 0.1) is 0 Å². The van der Waals surface area contributed by atoms with Crippen LogP contribution in [0.3, 0.4) is 0 Å². The van der Waals surface area contributed by atoms with Gasteiger partial charge < -0.3 is 14.0 Å². The molecule has 8 nitrogen and oxygen atoms in total. The van der Waals surface area contributed by atoms with Gasteiger partial charge in [-0.3, -0.25) is 4.52 Å². The minimum absolute atomic E-state index is 0.259. The quantitative estimate of drug-likeness (QED) is 0.705. The van der Waals surface area contributed by atoms with Crippen LogP contribution in [0.4, 0.5) is 0 Å². The van der Waals surface area contributed by atoms with E-state index >= 15 is 0 Å². The van der Waals surface area contributed by atoms with E-state index in [1.54, 1.807) is 38.6 Å². The molecule has 3 aromatic rings. The standard InChI is InChI=1S/C15H16N4O4/c1-18-7-6-16-13(18)9-19-14(17-23-15(19)20)10-4-5-11(21-2)12(8-10)22-3/h4-8H,9H2,1-3H3.